The lowest BCUT2D eigenvalue weighted by molar-refractivity contribution is -0.153. The molecule has 3 heterocycles. The molecule has 2 aliphatic rings. The van der Waals surface area contributed by atoms with Gasteiger partial charge in [-0.2, -0.15) is 5.10 Å². The van der Waals surface area contributed by atoms with Gasteiger partial charge in [0.15, 0.2) is 6.10 Å². The van der Waals surface area contributed by atoms with Gasteiger partial charge in [0.25, 0.3) is 5.91 Å². The predicted octanol–water partition coefficient (Wildman–Crippen LogP) is 0.744. The van der Waals surface area contributed by atoms with E-state index in [-0.39, 0.29) is 30.1 Å². The van der Waals surface area contributed by atoms with Gasteiger partial charge in [-0.15, -0.1) is 0 Å². The molecule has 0 radical (unpaired) electrons. The third-order valence-corrected chi connectivity index (χ3v) is 4.66. The summed E-state index contributed by atoms with van der Waals surface area (Å²) in [4.78, 5) is 26.5. The summed E-state index contributed by atoms with van der Waals surface area (Å²) in [5.74, 6) is -0.425. The van der Waals surface area contributed by atoms with Crippen molar-refractivity contribution in [3.63, 3.8) is 0 Å². The highest BCUT2D eigenvalue weighted by atomic mass is 16.6. The predicted molar refractivity (Wildman–Crippen MR) is 77.2 cm³/mol. The first-order valence-corrected chi connectivity index (χ1v) is 7.57. The number of carbonyl (C=O) groups is 2. The third kappa shape index (κ3) is 2.39. The van der Waals surface area contributed by atoms with E-state index in [9.17, 15) is 9.59 Å². The topological polar surface area (TPSA) is 73.7 Å². The number of hydrogen-bond acceptors (Lipinski definition) is 5. The molecule has 22 heavy (non-hydrogen) atoms. The molecule has 0 aromatic carbocycles. The molecule has 0 bridgehead atoms. The van der Waals surface area contributed by atoms with Gasteiger partial charge in [-0.25, -0.2) is 4.79 Å². The number of nitrogens with zero attached hydrogens (tertiary/aromatic N) is 3. The van der Waals surface area contributed by atoms with Crippen LogP contribution in [0.1, 0.15) is 36.7 Å². The lowest BCUT2D eigenvalue weighted by Gasteiger charge is -2.41. The lowest BCUT2D eigenvalue weighted by Crippen LogP contribution is -2.53. The molecule has 2 fully saturated rings. The molecule has 2 saturated heterocycles. The third-order valence-electron chi connectivity index (χ3n) is 4.66. The number of likely N-dealkylation sites (tertiary alicyclic amines) is 1. The number of carbonyl (C=O) groups excluding carboxylic acids is 2. The van der Waals surface area contributed by atoms with Crippen molar-refractivity contribution in [2.24, 2.45) is 7.05 Å². The average Bonchev–Trinajstić information content (AvgIpc) is 3.11. The SMILES string of the molecule is COC(=O)[C@@H]1C[C@@H]2[C@@H](CC[C@@H](C)N2C(=O)c2ccnn2C)O1. The number of rotatable bonds is 2. The maximum Gasteiger partial charge on any atom is 0.335 e. The van der Waals surface area contributed by atoms with E-state index in [1.807, 2.05) is 11.8 Å². The summed E-state index contributed by atoms with van der Waals surface area (Å²) in [7, 11) is 3.11. The van der Waals surface area contributed by atoms with E-state index in [1.54, 1.807) is 24.0 Å². The fourth-order valence-corrected chi connectivity index (χ4v) is 3.50. The Balaban J connectivity index is 1.84. The van der Waals surface area contributed by atoms with Crippen LogP contribution in [0.4, 0.5) is 0 Å². The monoisotopic (exact) mass is 307 g/mol. The van der Waals surface area contributed by atoms with Crippen LogP contribution in [0.2, 0.25) is 0 Å². The van der Waals surface area contributed by atoms with Crippen molar-refractivity contribution < 1.29 is 19.1 Å². The highest BCUT2D eigenvalue weighted by Gasteiger charge is 2.48. The van der Waals surface area contributed by atoms with Gasteiger partial charge in [-0.05, 0) is 25.8 Å². The van der Waals surface area contributed by atoms with Crippen molar-refractivity contribution in [3.8, 4) is 0 Å². The first-order chi connectivity index (χ1) is 10.5. The van der Waals surface area contributed by atoms with Crippen LogP contribution in [0.5, 0.6) is 0 Å². The smallest absolute Gasteiger partial charge is 0.335 e. The Kier molecular flexibility index (Phi) is 3.90. The molecule has 7 heteroatoms. The van der Waals surface area contributed by atoms with E-state index in [1.165, 1.54) is 7.11 Å². The fourth-order valence-electron chi connectivity index (χ4n) is 3.50. The van der Waals surface area contributed by atoms with E-state index >= 15 is 0 Å². The zero-order chi connectivity index (χ0) is 15.9. The van der Waals surface area contributed by atoms with Crippen LogP contribution < -0.4 is 0 Å². The molecule has 3 rings (SSSR count). The van der Waals surface area contributed by atoms with Gasteiger partial charge in [0, 0.05) is 25.7 Å². The molecule has 1 aromatic heterocycles. The van der Waals surface area contributed by atoms with Crippen LogP contribution in [0.3, 0.4) is 0 Å². The van der Waals surface area contributed by atoms with Crippen molar-refractivity contribution in [2.75, 3.05) is 7.11 Å². The van der Waals surface area contributed by atoms with Crippen molar-refractivity contribution >= 4 is 11.9 Å². The molecule has 7 nitrogen and oxygen atoms in total. The zero-order valence-corrected chi connectivity index (χ0v) is 13.1. The molecule has 0 aliphatic carbocycles. The summed E-state index contributed by atoms with van der Waals surface area (Å²) >= 11 is 0. The minimum atomic E-state index is -0.577. The van der Waals surface area contributed by atoms with Gasteiger partial charge in [0.1, 0.15) is 5.69 Å². The van der Waals surface area contributed by atoms with E-state index in [0.717, 1.165) is 12.8 Å². The highest BCUT2D eigenvalue weighted by molar-refractivity contribution is 5.93. The first-order valence-electron chi connectivity index (χ1n) is 7.57. The van der Waals surface area contributed by atoms with Crippen LogP contribution in [0.25, 0.3) is 0 Å². The average molecular weight is 307 g/mol. The van der Waals surface area contributed by atoms with Gasteiger partial charge in [-0.3, -0.25) is 9.48 Å². The lowest BCUT2D eigenvalue weighted by atomic mass is 9.92. The summed E-state index contributed by atoms with van der Waals surface area (Å²) in [5, 5.41) is 4.06. The quantitative estimate of drug-likeness (QED) is 0.754. The Morgan fingerprint density at radius 2 is 2.18 bits per heavy atom. The Hall–Kier alpha value is -1.89. The molecule has 120 valence electrons. The van der Waals surface area contributed by atoms with Crippen LogP contribution >= 0.6 is 0 Å². The second kappa shape index (κ2) is 5.72. The second-order valence-electron chi connectivity index (χ2n) is 5.97. The molecule has 1 aromatic rings. The maximum atomic E-state index is 12.9. The van der Waals surface area contributed by atoms with Crippen molar-refractivity contribution in [3.05, 3.63) is 18.0 Å². The maximum absolute atomic E-state index is 12.9. The molecule has 1 amide bonds. The van der Waals surface area contributed by atoms with E-state index < -0.39 is 6.10 Å². The number of amides is 1. The second-order valence-corrected chi connectivity index (χ2v) is 5.97. The number of fused-ring (bicyclic) bond motifs is 1. The summed E-state index contributed by atoms with van der Waals surface area (Å²) < 4.78 is 12.2. The Morgan fingerprint density at radius 3 is 2.82 bits per heavy atom. The standard InChI is InChI=1S/C15H21N3O4/c1-9-4-5-12-11(8-13(22-12)15(20)21-3)18(9)14(19)10-6-7-16-17(10)2/h6-7,9,11-13H,4-5,8H2,1-3H3/t9-,11-,12-,13+/m1/s1. The molecule has 4 atom stereocenters. The number of piperidine rings is 1. The highest BCUT2D eigenvalue weighted by Crippen LogP contribution is 2.36. The zero-order valence-electron chi connectivity index (χ0n) is 13.1. The van der Waals surface area contributed by atoms with Crippen LogP contribution in [0, 0.1) is 0 Å². The molecule has 0 unspecified atom stereocenters. The van der Waals surface area contributed by atoms with Crippen LogP contribution in [0.15, 0.2) is 12.3 Å². The number of aromatic nitrogens is 2. The van der Waals surface area contributed by atoms with Crippen LogP contribution in [-0.4, -0.2) is 58.0 Å². The molecule has 0 N–H and O–H groups in total. The van der Waals surface area contributed by atoms with Gasteiger partial charge in [0.2, 0.25) is 0 Å². The number of methoxy groups -OCH3 is 1. The summed E-state index contributed by atoms with van der Waals surface area (Å²) in [5.41, 5.74) is 0.550. The Morgan fingerprint density at radius 1 is 1.41 bits per heavy atom. The number of aryl methyl sites for hydroxylation is 1. The molecule has 2 aliphatic heterocycles. The molecule has 0 saturated carbocycles. The largest absolute Gasteiger partial charge is 0.467 e. The molecule has 0 spiro atoms. The summed E-state index contributed by atoms with van der Waals surface area (Å²) in [6.07, 6.45) is 3.14. The number of ether oxygens (including phenoxy) is 2. The number of hydrogen-bond donors (Lipinski definition) is 0. The van der Waals surface area contributed by atoms with E-state index in [2.05, 4.69) is 5.10 Å². The van der Waals surface area contributed by atoms with Gasteiger partial charge in [0.05, 0.1) is 19.3 Å². The van der Waals surface area contributed by atoms with Crippen molar-refractivity contribution in [1.82, 2.24) is 14.7 Å². The van der Waals surface area contributed by atoms with Gasteiger partial charge in [-0.1, -0.05) is 0 Å². The summed E-state index contributed by atoms with van der Waals surface area (Å²) in [6, 6.07) is 1.74. The van der Waals surface area contributed by atoms with Crippen molar-refractivity contribution in [1.29, 1.82) is 0 Å². The normalized spacial score (nSPS) is 31.0. The van der Waals surface area contributed by atoms with Crippen LogP contribution in [-0.2, 0) is 21.3 Å². The Labute approximate surface area is 129 Å². The first kappa shape index (κ1) is 15.0. The molecular weight excluding hydrogens is 286 g/mol. The summed E-state index contributed by atoms with van der Waals surface area (Å²) in [6.45, 7) is 2.04. The van der Waals surface area contributed by atoms with Gasteiger partial charge >= 0.3 is 5.97 Å². The number of esters is 1. The van der Waals surface area contributed by atoms with Gasteiger partial charge < -0.3 is 14.4 Å². The fraction of sp³-hybridized carbons (Fsp3) is 0.667. The Bertz CT molecular complexity index is 585. The minimum Gasteiger partial charge on any atom is -0.467 e. The van der Waals surface area contributed by atoms with Crippen molar-refractivity contribution in [2.45, 2.75) is 50.5 Å². The van der Waals surface area contributed by atoms with E-state index in [4.69, 9.17) is 9.47 Å². The van der Waals surface area contributed by atoms with E-state index in [0.29, 0.717) is 12.1 Å². The minimum absolute atomic E-state index is 0.0590. The molecular formula is C15H21N3O4.